The van der Waals surface area contributed by atoms with Crippen molar-refractivity contribution < 1.29 is 13.9 Å². The standard InChI is InChI=1S/C16H14ClFO2/c1-10-3-4-12(7-11(10)2)16(19)9-20-13-5-6-14(17)15(18)8-13/h3-8H,9H2,1-2H3. The van der Waals surface area contributed by atoms with E-state index in [0.29, 0.717) is 5.56 Å². The Morgan fingerprint density at radius 1 is 1.15 bits per heavy atom. The molecule has 0 aliphatic rings. The number of rotatable bonds is 4. The van der Waals surface area contributed by atoms with Crippen molar-refractivity contribution in [1.82, 2.24) is 0 Å². The average molecular weight is 293 g/mol. The molecule has 0 amide bonds. The van der Waals surface area contributed by atoms with Crippen LogP contribution in [0.25, 0.3) is 0 Å². The molecule has 0 heterocycles. The lowest BCUT2D eigenvalue weighted by molar-refractivity contribution is 0.0921. The first-order valence-electron chi connectivity index (χ1n) is 6.15. The number of carbonyl (C=O) groups excluding carboxylic acids is 1. The molecule has 0 radical (unpaired) electrons. The molecule has 0 saturated carbocycles. The molecule has 0 aliphatic carbocycles. The number of hydrogen-bond donors (Lipinski definition) is 0. The molecular weight excluding hydrogens is 279 g/mol. The molecule has 0 fully saturated rings. The lowest BCUT2D eigenvalue weighted by Crippen LogP contribution is -2.12. The molecule has 2 rings (SSSR count). The summed E-state index contributed by atoms with van der Waals surface area (Å²) in [4.78, 5) is 12.0. The van der Waals surface area contributed by atoms with E-state index in [-0.39, 0.29) is 23.2 Å². The van der Waals surface area contributed by atoms with Gasteiger partial charge >= 0.3 is 0 Å². The van der Waals surface area contributed by atoms with E-state index in [1.54, 1.807) is 6.07 Å². The Morgan fingerprint density at radius 3 is 2.55 bits per heavy atom. The van der Waals surface area contributed by atoms with Crippen molar-refractivity contribution in [2.45, 2.75) is 13.8 Å². The Morgan fingerprint density at radius 2 is 1.90 bits per heavy atom. The van der Waals surface area contributed by atoms with E-state index in [1.807, 2.05) is 26.0 Å². The van der Waals surface area contributed by atoms with Crippen molar-refractivity contribution in [2.75, 3.05) is 6.61 Å². The monoisotopic (exact) mass is 292 g/mol. The molecule has 0 saturated heterocycles. The number of carbonyl (C=O) groups is 1. The fourth-order valence-corrected chi connectivity index (χ4v) is 1.83. The van der Waals surface area contributed by atoms with Gasteiger partial charge < -0.3 is 4.74 Å². The molecular formula is C16H14ClFO2. The van der Waals surface area contributed by atoms with E-state index in [9.17, 15) is 9.18 Å². The van der Waals surface area contributed by atoms with E-state index >= 15 is 0 Å². The summed E-state index contributed by atoms with van der Waals surface area (Å²) in [6.07, 6.45) is 0. The summed E-state index contributed by atoms with van der Waals surface area (Å²) in [5.74, 6) is -0.435. The van der Waals surface area contributed by atoms with Gasteiger partial charge in [0.25, 0.3) is 0 Å². The third-order valence-corrected chi connectivity index (χ3v) is 3.40. The Hall–Kier alpha value is -1.87. The minimum absolute atomic E-state index is 0.0258. The van der Waals surface area contributed by atoms with Crippen LogP contribution in [0.2, 0.25) is 5.02 Å². The highest BCUT2D eigenvalue weighted by molar-refractivity contribution is 6.30. The van der Waals surface area contributed by atoms with Crippen molar-refractivity contribution >= 4 is 17.4 Å². The first kappa shape index (κ1) is 14.5. The summed E-state index contributed by atoms with van der Waals surface area (Å²) in [5.41, 5.74) is 2.76. The molecule has 2 aromatic carbocycles. The smallest absolute Gasteiger partial charge is 0.200 e. The highest BCUT2D eigenvalue weighted by atomic mass is 35.5. The SMILES string of the molecule is Cc1ccc(C(=O)COc2ccc(Cl)c(F)c2)cc1C. The number of Topliss-reactive ketones (excluding diaryl/α,β-unsaturated/α-hetero) is 1. The van der Waals surface area contributed by atoms with E-state index < -0.39 is 5.82 Å². The molecule has 2 nitrogen and oxygen atoms in total. The first-order chi connectivity index (χ1) is 9.47. The van der Waals surface area contributed by atoms with Crippen molar-refractivity contribution in [3.63, 3.8) is 0 Å². The predicted octanol–water partition coefficient (Wildman–Crippen LogP) is 4.36. The highest BCUT2D eigenvalue weighted by Gasteiger charge is 2.09. The van der Waals surface area contributed by atoms with Gasteiger partial charge in [-0.15, -0.1) is 0 Å². The number of benzene rings is 2. The van der Waals surface area contributed by atoms with Crippen LogP contribution in [0, 0.1) is 19.7 Å². The van der Waals surface area contributed by atoms with E-state index in [2.05, 4.69) is 0 Å². The van der Waals surface area contributed by atoms with Gasteiger partial charge in [-0.2, -0.15) is 0 Å². The molecule has 0 bridgehead atoms. The minimum atomic E-state index is -0.567. The van der Waals surface area contributed by atoms with Crippen LogP contribution in [-0.2, 0) is 0 Å². The summed E-state index contributed by atoms with van der Waals surface area (Å²) in [7, 11) is 0. The van der Waals surface area contributed by atoms with Gasteiger partial charge in [0, 0.05) is 11.6 Å². The van der Waals surface area contributed by atoms with E-state index in [1.165, 1.54) is 12.1 Å². The molecule has 0 atom stereocenters. The van der Waals surface area contributed by atoms with Crippen LogP contribution in [0.5, 0.6) is 5.75 Å². The maximum Gasteiger partial charge on any atom is 0.200 e. The maximum absolute atomic E-state index is 13.2. The zero-order valence-electron chi connectivity index (χ0n) is 11.2. The fourth-order valence-electron chi connectivity index (χ4n) is 1.71. The molecule has 4 heteroatoms. The van der Waals surface area contributed by atoms with Crippen molar-refractivity contribution in [2.24, 2.45) is 0 Å². The Balaban J connectivity index is 2.04. The quantitative estimate of drug-likeness (QED) is 0.783. The topological polar surface area (TPSA) is 26.3 Å². The molecule has 0 unspecified atom stereocenters. The van der Waals surface area contributed by atoms with Crippen LogP contribution in [-0.4, -0.2) is 12.4 Å². The largest absolute Gasteiger partial charge is 0.485 e. The predicted molar refractivity (Wildman–Crippen MR) is 77.2 cm³/mol. The summed E-state index contributed by atoms with van der Waals surface area (Å²) in [6.45, 7) is 3.79. The lowest BCUT2D eigenvalue weighted by Gasteiger charge is -2.07. The van der Waals surface area contributed by atoms with Gasteiger partial charge in [-0.25, -0.2) is 4.39 Å². The summed E-state index contributed by atoms with van der Waals surface area (Å²) in [6, 6.07) is 9.56. The average Bonchev–Trinajstić information content (AvgIpc) is 2.43. The second kappa shape index (κ2) is 6.06. The van der Waals surface area contributed by atoms with Gasteiger partial charge in [0.15, 0.2) is 12.4 Å². The van der Waals surface area contributed by atoms with Crippen molar-refractivity contribution in [3.05, 3.63) is 63.9 Å². The molecule has 0 aliphatic heterocycles. The van der Waals surface area contributed by atoms with Crippen LogP contribution in [0.4, 0.5) is 4.39 Å². The van der Waals surface area contributed by atoms with Crippen LogP contribution in [0.3, 0.4) is 0 Å². The second-order valence-electron chi connectivity index (χ2n) is 4.59. The van der Waals surface area contributed by atoms with E-state index in [4.69, 9.17) is 16.3 Å². The zero-order valence-corrected chi connectivity index (χ0v) is 12.0. The Kier molecular flexibility index (Phi) is 4.40. The lowest BCUT2D eigenvalue weighted by atomic mass is 10.0. The fraction of sp³-hybridized carbons (Fsp3) is 0.188. The van der Waals surface area contributed by atoms with Gasteiger partial charge in [0.1, 0.15) is 11.6 Å². The number of ketones is 1. The van der Waals surface area contributed by atoms with Gasteiger partial charge in [-0.1, -0.05) is 23.7 Å². The summed E-state index contributed by atoms with van der Waals surface area (Å²) >= 11 is 5.57. The minimum Gasteiger partial charge on any atom is -0.485 e. The third kappa shape index (κ3) is 3.36. The second-order valence-corrected chi connectivity index (χ2v) is 4.99. The molecule has 20 heavy (non-hydrogen) atoms. The summed E-state index contributed by atoms with van der Waals surface area (Å²) in [5, 5.41) is 0.0258. The van der Waals surface area contributed by atoms with Gasteiger partial charge in [0.05, 0.1) is 5.02 Å². The maximum atomic E-state index is 13.2. The highest BCUT2D eigenvalue weighted by Crippen LogP contribution is 2.20. The van der Waals surface area contributed by atoms with Crippen molar-refractivity contribution in [3.8, 4) is 5.75 Å². The van der Waals surface area contributed by atoms with Gasteiger partial charge in [-0.05, 0) is 43.2 Å². The van der Waals surface area contributed by atoms with Gasteiger partial charge in [0.2, 0.25) is 0 Å². The zero-order chi connectivity index (χ0) is 14.7. The van der Waals surface area contributed by atoms with Crippen LogP contribution in [0.15, 0.2) is 36.4 Å². The van der Waals surface area contributed by atoms with Gasteiger partial charge in [-0.3, -0.25) is 4.79 Å². The molecule has 104 valence electrons. The Labute approximate surface area is 122 Å². The number of hydrogen-bond acceptors (Lipinski definition) is 2. The number of halogens is 2. The van der Waals surface area contributed by atoms with Crippen LogP contribution < -0.4 is 4.74 Å². The molecule has 0 spiro atoms. The number of ether oxygens (including phenoxy) is 1. The number of aryl methyl sites for hydroxylation is 2. The normalized spacial score (nSPS) is 10.4. The first-order valence-corrected chi connectivity index (χ1v) is 6.53. The van der Waals surface area contributed by atoms with Crippen molar-refractivity contribution in [1.29, 1.82) is 0 Å². The summed E-state index contributed by atoms with van der Waals surface area (Å²) < 4.78 is 18.5. The molecule has 2 aromatic rings. The third-order valence-electron chi connectivity index (χ3n) is 3.09. The van der Waals surface area contributed by atoms with E-state index in [0.717, 1.165) is 17.2 Å². The Bertz CT molecular complexity index is 653. The molecule has 0 aromatic heterocycles. The molecule has 0 N–H and O–H groups in total. The van der Waals surface area contributed by atoms with Crippen LogP contribution >= 0.6 is 11.6 Å². The van der Waals surface area contributed by atoms with Crippen LogP contribution in [0.1, 0.15) is 21.5 Å².